The average molecular weight is 295 g/mol. The number of amides is 1. The maximum absolute atomic E-state index is 11.9. The lowest BCUT2D eigenvalue weighted by atomic mass is 10.1. The van der Waals surface area contributed by atoms with E-state index in [4.69, 9.17) is 14.2 Å². The summed E-state index contributed by atoms with van der Waals surface area (Å²) in [4.78, 5) is 23.1. The van der Waals surface area contributed by atoms with E-state index in [0.717, 1.165) is 5.56 Å². The van der Waals surface area contributed by atoms with E-state index in [1.54, 1.807) is 26.2 Å². The Bertz CT molecular complexity index is 501. The Kier molecular flexibility index (Phi) is 6.52. The Morgan fingerprint density at radius 1 is 1.19 bits per heavy atom. The molecule has 0 spiro atoms. The van der Waals surface area contributed by atoms with Crippen LogP contribution in [-0.4, -0.2) is 38.7 Å². The van der Waals surface area contributed by atoms with Crippen LogP contribution in [0, 0.1) is 0 Å². The molecule has 0 saturated carbocycles. The standard InChI is InChI=1S/C15H21NO5/c1-5-21-15(18)12(16-10(2)17)8-11-6-7-13(19-3)14(9-11)20-4/h6-7,9,12H,5,8H2,1-4H3,(H,16,17)/t12-/m0/s1. The van der Waals surface area contributed by atoms with Crippen molar-refractivity contribution in [1.29, 1.82) is 0 Å². The molecule has 0 saturated heterocycles. The first-order valence-electron chi connectivity index (χ1n) is 6.66. The highest BCUT2D eigenvalue weighted by Crippen LogP contribution is 2.28. The van der Waals surface area contributed by atoms with Crippen molar-refractivity contribution >= 4 is 11.9 Å². The molecule has 0 aliphatic heterocycles. The fourth-order valence-electron chi connectivity index (χ4n) is 1.92. The summed E-state index contributed by atoms with van der Waals surface area (Å²) in [6.07, 6.45) is 0.318. The molecule has 0 unspecified atom stereocenters. The SMILES string of the molecule is CCOC(=O)[C@H](Cc1ccc(OC)c(OC)c1)NC(C)=O. The largest absolute Gasteiger partial charge is 0.493 e. The van der Waals surface area contributed by atoms with Gasteiger partial charge in [-0.05, 0) is 24.6 Å². The molecule has 0 fully saturated rings. The molecule has 1 atom stereocenters. The van der Waals surface area contributed by atoms with Crippen LogP contribution in [0.2, 0.25) is 0 Å². The van der Waals surface area contributed by atoms with Gasteiger partial charge in [0.15, 0.2) is 11.5 Å². The van der Waals surface area contributed by atoms with E-state index in [9.17, 15) is 9.59 Å². The predicted molar refractivity (Wildman–Crippen MR) is 77.5 cm³/mol. The fraction of sp³-hybridized carbons (Fsp3) is 0.467. The topological polar surface area (TPSA) is 73.9 Å². The van der Waals surface area contributed by atoms with E-state index < -0.39 is 12.0 Å². The Hall–Kier alpha value is -2.24. The molecule has 6 heteroatoms. The molecule has 1 aromatic rings. The minimum atomic E-state index is -0.722. The molecule has 1 aromatic carbocycles. The number of nitrogens with one attached hydrogen (secondary N) is 1. The van der Waals surface area contributed by atoms with E-state index in [-0.39, 0.29) is 12.5 Å². The van der Waals surface area contributed by atoms with E-state index in [2.05, 4.69) is 5.32 Å². The quantitative estimate of drug-likeness (QED) is 0.768. The highest BCUT2D eigenvalue weighted by atomic mass is 16.5. The van der Waals surface area contributed by atoms with E-state index in [0.29, 0.717) is 17.9 Å². The molecule has 0 heterocycles. The van der Waals surface area contributed by atoms with Crippen LogP contribution in [0.25, 0.3) is 0 Å². The summed E-state index contributed by atoms with van der Waals surface area (Å²) in [7, 11) is 3.09. The normalized spacial score (nSPS) is 11.4. The molecule has 21 heavy (non-hydrogen) atoms. The molecule has 6 nitrogen and oxygen atoms in total. The fourth-order valence-corrected chi connectivity index (χ4v) is 1.92. The van der Waals surface area contributed by atoms with E-state index in [1.807, 2.05) is 6.07 Å². The number of methoxy groups -OCH3 is 2. The average Bonchev–Trinajstić information content (AvgIpc) is 2.46. The molecule has 0 aliphatic rings. The number of carbonyl (C=O) groups excluding carboxylic acids is 2. The van der Waals surface area contributed by atoms with E-state index >= 15 is 0 Å². The summed E-state index contributed by atoms with van der Waals surface area (Å²) in [5.41, 5.74) is 0.833. The maximum Gasteiger partial charge on any atom is 0.328 e. The molecular formula is C15H21NO5. The molecule has 0 bridgehead atoms. The summed E-state index contributed by atoms with van der Waals surface area (Å²) in [5.74, 6) is 0.435. The Labute approximate surface area is 124 Å². The Morgan fingerprint density at radius 2 is 1.86 bits per heavy atom. The van der Waals surface area contributed by atoms with Crippen LogP contribution in [0.1, 0.15) is 19.4 Å². The first-order valence-corrected chi connectivity index (χ1v) is 6.66. The summed E-state index contributed by atoms with van der Waals surface area (Å²) in [5, 5.41) is 2.59. The van der Waals surface area contributed by atoms with Gasteiger partial charge in [0.25, 0.3) is 0 Å². The zero-order valence-corrected chi connectivity index (χ0v) is 12.8. The lowest BCUT2D eigenvalue weighted by Gasteiger charge is -2.17. The summed E-state index contributed by atoms with van der Waals surface area (Å²) >= 11 is 0. The first-order chi connectivity index (χ1) is 10.0. The van der Waals surface area contributed by atoms with Crippen LogP contribution < -0.4 is 14.8 Å². The minimum absolute atomic E-state index is 0.265. The highest BCUT2D eigenvalue weighted by molar-refractivity contribution is 5.83. The molecule has 1 amide bonds. The van der Waals surface area contributed by atoms with Crippen LogP contribution in [0.5, 0.6) is 11.5 Å². The van der Waals surface area contributed by atoms with Crippen molar-refractivity contribution in [1.82, 2.24) is 5.32 Å². The van der Waals surface area contributed by atoms with Crippen molar-refractivity contribution in [3.63, 3.8) is 0 Å². The van der Waals surface area contributed by atoms with Crippen molar-refractivity contribution in [3.8, 4) is 11.5 Å². The number of rotatable bonds is 7. The van der Waals surface area contributed by atoms with Gasteiger partial charge in [-0.3, -0.25) is 4.79 Å². The van der Waals surface area contributed by atoms with Gasteiger partial charge in [0.05, 0.1) is 20.8 Å². The molecule has 116 valence electrons. The third-order valence-electron chi connectivity index (χ3n) is 2.84. The van der Waals surface area contributed by atoms with Crippen LogP contribution in [0.15, 0.2) is 18.2 Å². The smallest absolute Gasteiger partial charge is 0.328 e. The van der Waals surface area contributed by atoms with Crippen LogP contribution >= 0.6 is 0 Å². The first kappa shape index (κ1) is 16.8. The molecule has 0 aromatic heterocycles. The minimum Gasteiger partial charge on any atom is -0.493 e. The predicted octanol–water partition coefficient (Wildman–Crippen LogP) is 1.31. The van der Waals surface area contributed by atoms with Gasteiger partial charge in [-0.15, -0.1) is 0 Å². The van der Waals surface area contributed by atoms with Crippen LogP contribution in [0.3, 0.4) is 0 Å². The number of esters is 1. The van der Waals surface area contributed by atoms with Gasteiger partial charge < -0.3 is 19.5 Å². The lowest BCUT2D eigenvalue weighted by Crippen LogP contribution is -2.42. The number of hydrogen-bond acceptors (Lipinski definition) is 5. The molecule has 1 rings (SSSR count). The molecule has 1 N–H and O–H groups in total. The molecule has 0 aliphatic carbocycles. The second-order valence-corrected chi connectivity index (χ2v) is 4.40. The third kappa shape index (κ3) is 4.98. The Balaban J connectivity index is 2.92. The van der Waals surface area contributed by atoms with Crippen LogP contribution in [0.4, 0.5) is 0 Å². The summed E-state index contributed by atoms with van der Waals surface area (Å²) < 4.78 is 15.3. The summed E-state index contributed by atoms with van der Waals surface area (Å²) in [6, 6.07) is 4.62. The van der Waals surface area contributed by atoms with Gasteiger partial charge in [-0.1, -0.05) is 6.07 Å². The van der Waals surface area contributed by atoms with E-state index in [1.165, 1.54) is 14.0 Å². The number of benzene rings is 1. The maximum atomic E-state index is 11.9. The van der Waals surface area contributed by atoms with Gasteiger partial charge in [0.1, 0.15) is 6.04 Å². The van der Waals surface area contributed by atoms with Crippen molar-refractivity contribution in [2.45, 2.75) is 26.3 Å². The van der Waals surface area contributed by atoms with Gasteiger partial charge in [-0.2, -0.15) is 0 Å². The zero-order valence-electron chi connectivity index (χ0n) is 12.8. The van der Waals surface area contributed by atoms with Gasteiger partial charge in [0, 0.05) is 13.3 Å². The summed E-state index contributed by atoms with van der Waals surface area (Å²) in [6.45, 7) is 3.35. The van der Waals surface area contributed by atoms with Gasteiger partial charge in [0.2, 0.25) is 5.91 Å². The number of carbonyl (C=O) groups is 2. The second kappa shape index (κ2) is 8.14. The molecule has 0 radical (unpaired) electrons. The third-order valence-corrected chi connectivity index (χ3v) is 2.84. The van der Waals surface area contributed by atoms with Crippen molar-refractivity contribution in [2.75, 3.05) is 20.8 Å². The van der Waals surface area contributed by atoms with Crippen molar-refractivity contribution in [3.05, 3.63) is 23.8 Å². The lowest BCUT2D eigenvalue weighted by molar-refractivity contribution is -0.147. The second-order valence-electron chi connectivity index (χ2n) is 4.40. The Morgan fingerprint density at radius 3 is 2.38 bits per heavy atom. The highest BCUT2D eigenvalue weighted by Gasteiger charge is 2.21. The van der Waals surface area contributed by atoms with Crippen molar-refractivity contribution < 1.29 is 23.8 Å². The van der Waals surface area contributed by atoms with Crippen molar-refractivity contribution in [2.24, 2.45) is 0 Å². The molecular weight excluding hydrogens is 274 g/mol. The van der Waals surface area contributed by atoms with Crippen LogP contribution in [-0.2, 0) is 20.7 Å². The monoisotopic (exact) mass is 295 g/mol. The zero-order chi connectivity index (χ0) is 15.8. The van der Waals surface area contributed by atoms with Gasteiger partial charge >= 0.3 is 5.97 Å². The number of hydrogen-bond donors (Lipinski definition) is 1. The van der Waals surface area contributed by atoms with Gasteiger partial charge in [-0.25, -0.2) is 4.79 Å². The number of ether oxygens (including phenoxy) is 3.